The van der Waals surface area contributed by atoms with Gasteiger partial charge in [-0.25, -0.2) is 9.97 Å². The maximum absolute atomic E-state index is 12.6. The van der Waals surface area contributed by atoms with Gasteiger partial charge in [-0.3, -0.25) is 4.79 Å². The first kappa shape index (κ1) is 22.6. The summed E-state index contributed by atoms with van der Waals surface area (Å²) < 4.78 is 5.43. The van der Waals surface area contributed by atoms with Crippen molar-refractivity contribution in [3.05, 3.63) is 33.9 Å². The monoisotopic (exact) mass is 486 g/mol. The minimum Gasteiger partial charge on any atom is -0.390 e. The zero-order valence-corrected chi connectivity index (χ0v) is 20.4. The third-order valence-electron chi connectivity index (χ3n) is 6.51. The number of carbonyl (C=O) groups excluding carboxylic acids is 1. The summed E-state index contributed by atoms with van der Waals surface area (Å²) in [5, 5.41) is 22.3. The number of nitrogens with zero attached hydrogens (tertiary/aromatic N) is 3. The third kappa shape index (κ3) is 5.51. The van der Waals surface area contributed by atoms with Gasteiger partial charge >= 0.3 is 0 Å². The van der Waals surface area contributed by atoms with E-state index in [-0.39, 0.29) is 11.9 Å². The minimum atomic E-state index is -0.559. The van der Waals surface area contributed by atoms with Crippen LogP contribution in [-0.4, -0.2) is 56.1 Å². The number of aromatic nitrogens is 3. The fourth-order valence-electron chi connectivity index (χ4n) is 4.56. The van der Waals surface area contributed by atoms with Gasteiger partial charge in [0.2, 0.25) is 0 Å². The average molecular weight is 487 g/mol. The molecule has 8 nitrogen and oxygen atoms in total. The van der Waals surface area contributed by atoms with Gasteiger partial charge in [-0.05, 0) is 81.0 Å². The van der Waals surface area contributed by atoms with Crippen molar-refractivity contribution in [2.24, 2.45) is 0 Å². The minimum absolute atomic E-state index is 0.115. The van der Waals surface area contributed by atoms with Crippen molar-refractivity contribution in [1.29, 1.82) is 0 Å². The number of carbonyl (C=O) groups is 1. The number of piperidine rings is 1. The molecule has 0 radical (unpaired) electrons. The van der Waals surface area contributed by atoms with Crippen molar-refractivity contribution in [1.82, 2.24) is 25.0 Å². The normalized spacial score (nSPS) is 25.8. The van der Waals surface area contributed by atoms with Gasteiger partial charge < -0.3 is 21.1 Å². The topological polar surface area (TPSA) is 112 Å². The Morgan fingerprint density at radius 2 is 2.12 bits per heavy atom. The van der Waals surface area contributed by atoms with Crippen LogP contribution in [0.2, 0.25) is 0 Å². The Balaban J connectivity index is 1.28. The van der Waals surface area contributed by atoms with E-state index in [9.17, 15) is 9.90 Å². The van der Waals surface area contributed by atoms with Crippen LogP contribution in [0.5, 0.6) is 0 Å². The number of rotatable bonds is 6. The summed E-state index contributed by atoms with van der Waals surface area (Å²) in [5.41, 5.74) is 0.837. The van der Waals surface area contributed by atoms with Crippen molar-refractivity contribution in [3.8, 4) is 0 Å². The summed E-state index contributed by atoms with van der Waals surface area (Å²) in [7, 11) is 0. The standard InChI is InChI=1S/C23H30N6O2S2/c1-23(31)7-4-14(5-8-23)25-21-20-17(6-10-32-20)27-19(28-21)12-16-11-18(29-33-16)22(30)26-15-3-2-9-24-13-15/h6,10-11,14-15,24,31H,2-5,7-9,12-13H2,1H3,(H,26,30)(H,25,27,28)/t14?,15-,23?/m1/s1. The van der Waals surface area contributed by atoms with Gasteiger partial charge in [0.15, 0.2) is 0 Å². The molecule has 1 saturated heterocycles. The second-order valence-corrected chi connectivity index (χ2v) is 11.2. The molecule has 1 aliphatic heterocycles. The molecule has 5 rings (SSSR count). The molecule has 0 spiro atoms. The van der Waals surface area contributed by atoms with E-state index in [1.807, 2.05) is 24.4 Å². The SMILES string of the molecule is CC1(O)CCC(Nc2nc(Cc3cc(C(=O)N[C@@H]4CCCNC4)ns3)nc3ccsc23)CC1. The van der Waals surface area contributed by atoms with Crippen LogP contribution in [0.3, 0.4) is 0 Å². The molecule has 3 aromatic heterocycles. The third-order valence-corrected chi connectivity index (χ3v) is 8.20. The predicted octanol–water partition coefficient (Wildman–Crippen LogP) is 3.33. The number of nitrogens with one attached hydrogen (secondary N) is 3. The maximum Gasteiger partial charge on any atom is 0.271 e. The van der Waals surface area contributed by atoms with Gasteiger partial charge in [-0.1, -0.05) is 0 Å². The van der Waals surface area contributed by atoms with Crippen molar-refractivity contribution < 1.29 is 9.90 Å². The van der Waals surface area contributed by atoms with Gasteiger partial charge in [-0.15, -0.1) is 11.3 Å². The Hall–Kier alpha value is -2.14. The second kappa shape index (κ2) is 9.61. The summed E-state index contributed by atoms with van der Waals surface area (Å²) in [4.78, 5) is 23.1. The van der Waals surface area contributed by atoms with Crippen molar-refractivity contribution in [3.63, 3.8) is 0 Å². The Morgan fingerprint density at radius 1 is 1.27 bits per heavy atom. The van der Waals surface area contributed by atoms with Gasteiger partial charge in [0.1, 0.15) is 17.3 Å². The Labute approximate surface area is 201 Å². The highest BCUT2D eigenvalue weighted by Gasteiger charge is 2.29. The molecule has 2 fully saturated rings. The van der Waals surface area contributed by atoms with Gasteiger partial charge in [-0.2, -0.15) is 4.37 Å². The quantitative estimate of drug-likeness (QED) is 0.423. The van der Waals surface area contributed by atoms with Gasteiger partial charge in [0.25, 0.3) is 5.91 Å². The first-order valence-corrected chi connectivity index (χ1v) is 13.3. The first-order chi connectivity index (χ1) is 15.9. The molecule has 3 aromatic rings. The Bertz CT molecular complexity index is 1110. The van der Waals surface area contributed by atoms with Crippen molar-refractivity contribution in [2.75, 3.05) is 18.4 Å². The molecular weight excluding hydrogens is 456 g/mol. The lowest BCUT2D eigenvalue weighted by atomic mass is 9.84. The molecule has 33 heavy (non-hydrogen) atoms. The summed E-state index contributed by atoms with van der Waals surface area (Å²) >= 11 is 2.97. The molecule has 10 heteroatoms. The van der Waals surface area contributed by atoms with Gasteiger partial charge in [0.05, 0.1) is 15.8 Å². The summed E-state index contributed by atoms with van der Waals surface area (Å²) in [6.45, 7) is 3.74. The highest BCUT2D eigenvalue weighted by molar-refractivity contribution is 7.17. The average Bonchev–Trinajstić information content (AvgIpc) is 3.46. The van der Waals surface area contributed by atoms with Crippen LogP contribution in [0.4, 0.5) is 5.82 Å². The number of hydrogen-bond donors (Lipinski definition) is 4. The van der Waals surface area contributed by atoms with Crippen LogP contribution < -0.4 is 16.0 Å². The van der Waals surface area contributed by atoms with E-state index in [1.54, 1.807) is 11.3 Å². The smallest absolute Gasteiger partial charge is 0.271 e. The van der Waals surface area contributed by atoms with E-state index < -0.39 is 5.60 Å². The van der Waals surface area contributed by atoms with Crippen LogP contribution in [0, 0.1) is 0 Å². The zero-order valence-electron chi connectivity index (χ0n) is 18.8. The Morgan fingerprint density at radius 3 is 2.91 bits per heavy atom. The molecule has 1 atom stereocenters. The molecule has 176 valence electrons. The predicted molar refractivity (Wildman–Crippen MR) is 132 cm³/mol. The number of anilines is 1. The lowest BCUT2D eigenvalue weighted by Gasteiger charge is -2.33. The highest BCUT2D eigenvalue weighted by atomic mass is 32.1. The van der Waals surface area contributed by atoms with Crippen molar-refractivity contribution in [2.45, 2.75) is 69.6 Å². The summed E-state index contributed by atoms with van der Waals surface area (Å²) in [6, 6.07) is 4.34. The van der Waals surface area contributed by atoms with E-state index in [0.29, 0.717) is 18.2 Å². The maximum atomic E-state index is 12.6. The molecule has 1 saturated carbocycles. The second-order valence-electron chi connectivity index (χ2n) is 9.41. The number of aliphatic hydroxyl groups is 1. The van der Waals surface area contributed by atoms with Gasteiger partial charge in [0, 0.05) is 29.9 Å². The van der Waals surface area contributed by atoms with Crippen LogP contribution in [0.25, 0.3) is 10.2 Å². The lowest BCUT2D eigenvalue weighted by molar-refractivity contribution is 0.0196. The molecule has 0 aromatic carbocycles. The fourth-order valence-corrected chi connectivity index (χ4v) is 6.05. The van der Waals surface area contributed by atoms with E-state index in [2.05, 4.69) is 20.3 Å². The largest absolute Gasteiger partial charge is 0.390 e. The van der Waals surface area contributed by atoms with E-state index in [4.69, 9.17) is 9.97 Å². The molecule has 1 aliphatic carbocycles. The van der Waals surface area contributed by atoms with Crippen LogP contribution in [-0.2, 0) is 6.42 Å². The number of amides is 1. The summed E-state index contributed by atoms with van der Waals surface area (Å²) in [6.07, 6.45) is 6.03. The molecule has 4 N–H and O–H groups in total. The lowest BCUT2D eigenvalue weighted by Crippen LogP contribution is -2.45. The number of hydrogen-bond acceptors (Lipinski definition) is 9. The van der Waals surface area contributed by atoms with Crippen LogP contribution in [0.1, 0.15) is 66.6 Å². The summed E-state index contributed by atoms with van der Waals surface area (Å²) in [5.74, 6) is 1.47. The van der Waals surface area contributed by atoms with Crippen LogP contribution >= 0.6 is 22.9 Å². The fraction of sp³-hybridized carbons (Fsp3) is 0.565. The first-order valence-electron chi connectivity index (χ1n) is 11.7. The molecule has 2 aliphatic rings. The Kier molecular flexibility index (Phi) is 6.60. The molecular formula is C23H30N6O2S2. The van der Waals surface area contributed by atoms with Crippen molar-refractivity contribution >= 4 is 44.8 Å². The molecule has 0 unspecified atom stereocenters. The zero-order chi connectivity index (χ0) is 22.8. The molecule has 4 heterocycles. The van der Waals surface area contributed by atoms with E-state index >= 15 is 0 Å². The number of thiophene rings is 1. The number of fused-ring (bicyclic) bond motifs is 1. The van der Waals surface area contributed by atoms with E-state index in [1.165, 1.54) is 11.5 Å². The highest BCUT2D eigenvalue weighted by Crippen LogP contribution is 2.32. The molecule has 0 bridgehead atoms. The van der Waals surface area contributed by atoms with Crippen LogP contribution in [0.15, 0.2) is 17.5 Å². The van der Waals surface area contributed by atoms with E-state index in [0.717, 1.165) is 78.4 Å². The molecule has 1 amide bonds.